The van der Waals surface area contributed by atoms with Crippen LogP contribution in [0.25, 0.3) is 10.9 Å². The first kappa shape index (κ1) is 21.5. The molecule has 0 saturated carbocycles. The van der Waals surface area contributed by atoms with Crippen molar-refractivity contribution in [3.05, 3.63) is 65.6 Å². The van der Waals surface area contributed by atoms with Gasteiger partial charge in [-0.3, -0.25) is 9.59 Å². The average Bonchev–Trinajstić information content (AvgIpc) is 3.40. The molecule has 2 fully saturated rings. The second-order valence-corrected chi connectivity index (χ2v) is 9.14. The van der Waals surface area contributed by atoms with Crippen LogP contribution in [0.4, 0.5) is 10.1 Å². The number of benzene rings is 2. The van der Waals surface area contributed by atoms with Crippen LogP contribution < -0.4 is 4.90 Å². The molecule has 0 aliphatic carbocycles. The number of carbonyl (C=O) groups excluding carboxylic acids is 2. The molecule has 1 atom stereocenters. The van der Waals surface area contributed by atoms with Gasteiger partial charge in [-0.15, -0.1) is 0 Å². The van der Waals surface area contributed by atoms with Crippen molar-refractivity contribution in [3.63, 3.8) is 0 Å². The molecular weight excluding hydrogens is 419 g/mol. The number of fused-ring (bicyclic) bond motifs is 1. The highest BCUT2D eigenvalue weighted by Gasteiger charge is 2.37. The monoisotopic (exact) mass is 448 g/mol. The fraction of sp³-hybridized carbons (Fsp3) is 0.385. The maximum atomic E-state index is 13.2. The van der Waals surface area contributed by atoms with Crippen molar-refractivity contribution in [2.45, 2.75) is 19.8 Å². The van der Waals surface area contributed by atoms with Crippen LogP contribution in [0.3, 0.4) is 0 Å². The summed E-state index contributed by atoms with van der Waals surface area (Å²) in [5.41, 5.74) is 4.49. The van der Waals surface area contributed by atoms with Gasteiger partial charge in [0.15, 0.2) is 0 Å². The van der Waals surface area contributed by atoms with Crippen molar-refractivity contribution < 1.29 is 14.0 Å². The van der Waals surface area contributed by atoms with E-state index in [1.807, 2.05) is 16.0 Å². The van der Waals surface area contributed by atoms with E-state index in [0.29, 0.717) is 45.7 Å². The van der Waals surface area contributed by atoms with Gasteiger partial charge in [0, 0.05) is 68.5 Å². The summed E-state index contributed by atoms with van der Waals surface area (Å²) >= 11 is 0. The van der Waals surface area contributed by atoms with Gasteiger partial charge in [0.1, 0.15) is 5.82 Å². The maximum Gasteiger partial charge on any atom is 0.228 e. The van der Waals surface area contributed by atoms with E-state index < -0.39 is 0 Å². The molecule has 0 bridgehead atoms. The topological polar surface area (TPSA) is 59.7 Å². The Kier molecular flexibility index (Phi) is 5.79. The number of carbonyl (C=O) groups is 2. The Bertz CT molecular complexity index is 1160. The van der Waals surface area contributed by atoms with E-state index in [-0.39, 0.29) is 23.5 Å². The standard InChI is InChI=1S/C26H29FN4O2/c1-18-2-7-24-23(14-18)19(16-28-24)8-9-31-17-20(15-25(31)32)26(33)30-12-10-29(11-13-30)22-5-3-21(27)4-6-22/h2-7,14,16,20,28H,8-13,15,17H2,1H3. The maximum absolute atomic E-state index is 13.2. The van der Waals surface area contributed by atoms with Crippen molar-refractivity contribution in [2.75, 3.05) is 44.2 Å². The number of nitrogens with one attached hydrogen (secondary N) is 1. The summed E-state index contributed by atoms with van der Waals surface area (Å²) in [5.74, 6) is -0.371. The van der Waals surface area contributed by atoms with E-state index in [0.717, 1.165) is 17.6 Å². The van der Waals surface area contributed by atoms with Crippen LogP contribution in [0.2, 0.25) is 0 Å². The van der Waals surface area contributed by atoms with Crippen LogP contribution in [-0.4, -0.2) is 65.9 Å². The van der Waals surface area contributed by atoms with Crippen LogP contribution >= 0.6 is 0 Å². The molecule has 1 aromatic heterocycles. The SMILES string of the molecule is Cc1ccc2[nH]cc(CCN3CC(C(=O)N4CCN(c5ccc(F)cc5)CC4)CC3=O)c2c1. The molecule has 0 radical (unpaired) electrons. The quantitative estimate of drug-likeness (QED) is 0.651. The minimum atomic E-state index is -0.264. The highest BCUT2D eigenvalue weighted by molar-refractivity contribution is 5.89. The minimum Gasteiger partial charge on any atom is -0.368 e. The number of H-pyrrole nitrogens is 1. The molecule has 2 aliphatic rings. The third-order valence-corrected chi connectivity index (χ3v) is 6.92. The second-order valence-electron chi connectivity index (χ2n) is 9.14. The normalized spacial score (nSPS) is 19.0. The zero-order valence-electron chi connectivity index (χ0n) is 18.9. The number of nitrogens with zero attached hydrogens (tertiary/aromatic N) is 3. The Balaban J connectivity index is 1.15. The molecule has 7 heteroatoms. The Morgan fingerprint density at radius 3 is 2.61 bits per heavy atom. The highest BCUT2D eigenvalue weighted by atomic mass is 19.1. The van der Waals surface area contributed by atoms with Crippen molar-refractivity contribution in [1.82, 2.24) is 14.8 Å². The summed E-state index contributed by atoms with van der Waals surface area (Å²) in [6, 6.07) is 12.8. The molecule has 1 N–H and O–H groups in total. The van der Waals surface area contributed by atoms with Crippen LogP contribution in [-0.2, 0) is 16.0 Å². The van der Waals surface area contributed by atoms with Crippen molar-refractivity contribution in [2.24, 2.45) is 5.92 Å². The smallest absolute Gasteiger partial charge is 0.228 e. The van der Waals surface area contributed by atoms with E-state index in [4.69, 9.17) is 0 Å². The third kappa shape index (κ3) is 4.45. The van der Waals surface area contributed by atoms with E-state index >= 15 is 0 Å². The van der Waals surface area contributed by atoms with Crippen molar-refractivity contribution in [1.29, 1.82) is 0 Å². The molecule has 2 aliphatic heterocycles. The number of hydrogen-bond donors (Lipinski definition) is 1. The van der Waals surface area contributed by atoms with Gasteiger partial charge in [0.05, 0.1) is 5.92 Å². The first-order valence-corrected chi connectivity index (χ1v) is 11.6. The molecule has 172 valence electrons. The van der Waals surface area contributed by atoms with Gasteiger partial charge in [0.25, 0.3) is 0 Å². The lowest BCUT2D eigenvalue weighted by molar-refractivity contribution is -0.136. The number of aromatic nitrogens is 1. The number of anilines is 1. The summed E-state index contributed by atoms with van der Waals surface area (Å²) in [7, 11) is 0. The number of aryl methyl sites for hydroxylation is 1. The van der Waals surface area contributed by atoms with Gasteiger partial charge in [-0.05, 0) is 55.3 Å². The number of rotatable bonds is 5. The molecule has 5 rings (SSSR count). The van der Waals surface area contributed by atoms with Crippen molar-refractivity contribution in [3.8, 4) is 0 Å². The van der Waals surface area contributed by atoms with E-state index in [1.165, 1.54) is 28.6 Å². The van der Waals surface area contributed by atoms with E-state index in [1.54, 1.807) is 12.1 Å². The lowest BCUT2D eigenvalue weighted by Crippen LogP contribution is -2.50. The molecule has 3 heterocycles. The molecule has 1 unspecified atom stereocenters. The largest absolute Gasteiger partial charge is 0.368 e. The predicted octanol–water partition coefficient (Wildman–Crippen LogP) is 3.36. The van der Waals surface area contributed by atoms with E-state index in [2.05, 4.69) is 35.0 Å². The van der Waals surface area contributed by atoms with Gasteiger partial charge >= 0.3 is 0 Å². The van der Waals surface area contributed by atoms with Crippen molar-refractivity contribution >= 4 is 28.4 Å². The summed E-state index contributed by atoms with van der Waals surface area (Å²) < 4.78 is 13.2. The second kappa shape index (κ2) is 8.89. The zero-order chi connectivity index (χ0) is 22.9. The predicted molar refractivity (Wildman–Crippen MR) is 127 cm³/mol. The summed E-state index contributed by atoms with van der Waals surface area (Å²) in [5, 5.41) is 1.20. The van der Waals surface area contributed by atoms with Crippen LogP contribution in [0.5, 0.6) is 0 Å². The molecule has 6 nitrogen and oxygen atoms in total. The fourth-order valence-corrected chi connectivity index (χ4v) is 5.00. The number of piperazine rings is 1. The number of hydrogen-bond acceptors (Lipinski definition) is 3. The van der Waals surface area contributed by atoms with Crippen LogP contribution in [0.15, 0.2) is 48.7 Å². The Morgan fingerprint density at radius 2 is 1.85 bits per heavy atom. The van der Waals surface area contributed by atoms with Crippen LogP contribution in [0, 0.1) is 18.7 Å². The van der Waals surface area contributed by atoms with E-state index in [9.17, 15) is 14.0 Å². The third-order valence-electron chi connectivity index (χ3n) is 6.92. The van der Waals surface area contributed by atoms with Gasteiger partial charge < -0.3 is 19.7 Å². The summed E-state index contributed by atoms with van der Waals surface area (Å²) in [6.07, 6.45) is 3.09. The Hall–Kier alpha value is -3.35. The van der Waals surface area contributed by atoms with Gasteiger partial charge in [0.2, 0.25) is 11.8 Å². The van der Waals surface area contributed by atoms with Gasteiger partial charge in [-0.1, -0.05) is 11.6 Å². The number of amides is 2. The summed E-state index contributed by atoms with van der Waals surface area (Å²) in [6.45, 7) is 5.86. The molecular formula is C26H29FN4O2. The first-order valence-electron chi connectivity index (χ1n) is 11.6. The van der Waals surface area contributed by atoms with Gasteiger partial charge in [-0.2, -0.15) is 0 Å². The average molecular weight is 449 g/mol. The lowest BCUT2D eigenvalue weighted by Gasteiger charge is -2.37. The first-order chi connectivity index (χ1) is 16.0. The molecule has 3 aromatic rings. The number of halogens is 1. The molecule has 33 heavy (non-hydrogen) atoms. The number of aromatic amines is 1. The molecule has 2 saturated heterocycles. The molecule has 2 aromatic carbocycles. The zero-order valence-corrected chi connectivity index (χ0v) is 18.9. The number of likely N-dealkylation sites (tertiary alicyclic amines) is 1. The Morgan fingerprint density at radius 1 is 1.09 bits per heavy atom. The minimum absolute atomic E-state index is 0.0642. The Labute approximate surface area is 193 Å². The highest BCUT2D eigenvalue weighted by Crippen LogP contribution is 2.25. The van der Waals surface area contributed by atoms with Gasteiger partial charge in [-0.25, -0.2) is 4.39 Å². The van der Waals surface area contributed by atoms with Crippen LogP contribution in [0.1, 0.15) is 17.5 Å². The lowest BCUT2D eigenvalue weighted by atomic mass is 10.1. The fourth-order valence-electron chi connectivity index (χ4n) is 5.00. The molecule has 0 spiro atoms. The summed E-state index contributed by atoms with van der Waals surface area (Å²) in [4.78, 5) is 34.9. The molecule has 2 amide bonds.